The summed E-state index contributed by atoms with van der Waals surface area (Å²) < 4.78 is 87.5. The van der Waals surface area contributed by atoms with Crippen LogP contribution < -0.4 is 0 Å². The molecule has 1 fully saturated rings. The second-order valence-corrected chi connectivity index (χ2v) is 8.73. The van der Waals surface area contributed by atoms with Crippen LogP contribution in [0.15, 0.2) is 23.8 Å². The lowest BCUT2D eigenvalue weighted by molar-refractivity contribution is -0.0860. The van der Waals surface area contributed by atoms with E-state index in [9.17, 15) is 35.5 Å². The number of hydrogen-bond acceptors (Lipinski definition) is 4. The van der Waals surface area contributed by atoms with Gasteiger partial charge in [0.15, 0.2) is 0 Å². The van der Waals surface area contributed by atoms with Crippen LogP contribution in [-0.2, 0) is 20.1 Å². The van der Waals surface area contributed by atoms with Crippen LogP contribution in [0.1, 0.15) is 32.1 Å². The molecule has 11 heteroatoms. The molecule has 0 aromatic heterocycles. The normalized spacial score (nSPS) is 22.3. The molecule has 0 aromatic rings. The third-order valence-electron chi connectivity index (χ3n) is 4.24. The van der Waals surface area contributed by atoms with Crippen molar-refractivity contribution in [2.75, 3.05) is 0 Å². The average molecular weight is 396 g/mol. The Labute approximate surface area is 144 Å². The molecule has 138 valence electrons. The van der Waals surface area contributed by atoms with Crippen molar-refractivity contribution in [1.82, 2.24) is 0 Å². The van der Waals surface area contributed by atoms with Crippen molar-refractivity contribution in [2.24, 2.45) is 5.92 Å². The summed E-state index contributed by atoms with van der Waals surface area (Å²) in [4.78, 5) is 1.53. The molecular formula is C14H15F3N2O4S2. The minimum absolute atomic E-state index is 0.410. The van der Waals surface area contributed by atoms with E-state index in [2.05, 4.69) is 4.79 Å². The SMILES string of the molecule is [N-]=[N+]=C(C1CCCCC1)S(=O)(=O)C1C=CC=C(C(F)(F)F)C1=S(=O)=O. The van der Waals surface area contributed by atoms with E-state index >= 15 is 0 Å². The van der Waals surface area contributed by atoms with Crippen molar-refractivity contribution in [3.8, 4) is 0 Å². The second-order valence-electron chi connectivity index (χ2n) is 5.80. The summed E-state index contributed by atoms with van der Waals surface area (Å²) >= 11 is 0. The quantitative estimate of drug-likeness (QED) is 0.234. The van der Waals surface area contributed by atoms with Crippen molar-refractivity contribution >= 4 is 30.0 Å². The van der Waals surface area contributed by atoms with Crippen LogP contribution in [0.3, 0.4) is 0 Å². The molecule has 2 aliphatic rings. The molecule has 1 saturated carbocycles. The van der Waals surface area contributed by atoms with E-state index in [0.29, 0.717) is 31.8 Å². The van der Waals surface area contributed by atoms with Gasteiger partial charge in [0.2, 0.25) is 10.3 Å². The molecule has 1 unspecified atom stereocenters. The van der Waals surface area contributed by atoms with E-state index < -0.39 is 53.0 Å². The van der Waals surface area contributed by atoms with Crippen molar-refractivity contribution in [3.05, 3.63) is 29.3 Å². The molecule has 0 aliphatic heterocycles. The fourth-order valence-electron chi connectivity index (χ4n) is 3.09. The Morgan fingerprint density at radius 2 is 1.80 bits per heavy atom. The second kappa shape index (κ2) is 7.27. The van der Waals surface area contributed by atoms with Crippen molar-refractivity contribution in [1.29, 1.82) is 0 Å². The van der Waals surface area contributed by atoms with Gasteiger partial charge in [0.25, 0.3) is 9.84 Å². The first kappa shape index (κ1) is 19.6. The predicted molar refractivity (Wildman–Crippen MR) is 85.1 cm³/mol. The van der Waals surface area contributed by atoms with E-state index in [4.69, 9.17) is 0 Å². The number of alkyl halides is 3. The molecule has 0 saturated heterocycles. The largest absolute Gasteiger partial charge is 0.417 e. The number of nitrogens with zero attached hydrogens (tertiary/aromatic N) is 2. The van der Waals surface area contributed by atoms with Gasteiger partial charge in [-0.15, -0.1) is 0 Å². The fraction of sp³-hybridized carbons (Fsp3) is 0.571. The number of rotatable bonds is 2. The molecule has 0 bridgehead atoms. The zero-order valence-corrected chi connectivity index (χ0v) is 14.5. The maximum Gasteiger partial charge on any atom is 0.417 e. The Balaban J connectivity index is 2.55. The lowest BCUT2D eigenvalue weighted by atomic mass is 9.90. The smallest absolute Gasteiger partial charge is 0.360 e. The molecule has 2 aliphatic carbocycles. The van der Waals surface area contributed by atoms with Gasteiger partial charge in [-0.3, -0.25) is 0 Å². The topological polar surface area (TPSA) is 105 Å². The first-order valence-electron chi connectivity index (χ1n) is 7.48. The maximum absolute atomic E-state index is 13.1. The minimum atomic E-state index is -5.03. The Kier molecular flexibility index (Phi) is 5.70. The number of halogens is 3. The standard InChI is InChI=1S/C14H15F3N2O4S2/c15-14(16,17)10-7-4-8-11(12(10)24(20)21)25(22,23)13(19-18)9-5-2-1-3-6-9/h4,7-9,11H,1-3,5-6H2. The third kappa shape index (κ3) is 3.94. The number of allylic oxidation sites excluding steroid dienone is 3. The molecule has 0 N–H and O–H groups in total. The summed E-state index contributed by atoms with van der Waals surface area (Å²) in [6.07, 6.45) is 0.250. The third-order valence-corrected chi connectivity index (χ3v) is 7.28. The summed E-state index contributed by atoms with van der Waals surface area (Å²) in [5.41, 5.74) is 7.64. The first-order chi connectivity index (χ1) is 11.6. The van der Waals surface area contributed by atoms with Gasteiger partial charge in [-0.2, -0.15) is 26.4 Å². The van der Waals surface area contributed by atoms with E-state index in [1.54, 1.807) is 0 Å². The van der Waals surface area contributed by atoms with Gasteiger partial charge in [-0.05, 0) is 18.9 Å². The average Bonchev–Trinajstić information content (AvgIpc) is 2.54. The molecule has 0 amide bonds. The summed E-state index contributed by atoms with van der Waals surface area (Å²) in [5.74, 6) is -0.640. The van der Waals surface area contributed by atoms with Crippen LogP contribution in [0.4, 0.5) is 13.2 Å². The van der Waals surface area contributed by atoms with Crippen LogP contribution in [0.25, 0.3) is 5.53 Å². The van der Waals surface area contributed by atoms with E-state index in [-0.39, 0.29) is 0 Å². The highest BCUT2D eigenvalue weighted by atomic mass is 32.2. The molecule has 0 aromatic carbocycles. The van der Waals surface area contributed by atoms with E-state index in [0.717, 1.165) is 18.6 Å². The fourth-order valence-corrected chi connectivity index (χ4v) is 6.12. The Morgan fingerprint density at radius 1 is 1.20 bits per heavy atom. The van der Waals surface area contributed by atoms with Crippen molar-refractivity contribution < 1.29 is 34.8 Å². The van der Waals surface area contributed by atoms with Gasteiger partial charge in [-0.1, -0.05) is 31.4 Å². The summed E-state index contributed by atoms with van der Waals surface area (Å²) in [5, 5.41) is -2.73. The number of sulfone groups is 1. The Bertz CT molecular complexity index is 894. The molecule has 25 heavy (non-hydrogen) atoms. The molecule has 1 atom stereocenters. The predicted octanol–water partition coefficient (Wildman–Crippen LogP) is 2.09. The highest BCUT2D eigenvalue weighted by molar-refractivity contribution is 8.08. The summed E-state index contributed by atoms with van der Waals surface area (Å²) in [7, 11) is -8.04. The molecule has 0 spiro atoms. The Morgan fingerprint density at radius 3 is 2.28 bits per heavy atom. The maximum atomic E-state index is 13.1. The lowest BCUT2D eigenvalue weighted by Crippen LogP contribution is -2.42. The molecule has 2 rings (SSSR count). The summed E-state index contributed by atoms with van der Waals surface area (Å²) in [6, 6.07) is 0. The van der Waals surface area contributed by atoms with Gasteiger partial charge in [0.05, 0.1) is 11.5 Å². The molecule has 0 heterocycles. The van der Waals surface area contributed by atoms with Crippen LogP contribution >= 0.6 is 0 Å². The zero-order valence-electron chi connectivity index (χ0n) is 12.9. The van der Waals surface area contributed by atoms with Crippen LogP contribution in [0, 0.1) is 5.92 Å². The molecule has 6 nitrogen and oxygen atoms in total. The highest BCUT2D eigenvalue weighted by Gasteiger charge is 2.49. The molecule has 0 radical (unpaired) electrons. The first-order valence-corrected chi connectivity index (χ1v) is 10.1. The van der Waals surface area contributed by atoms with Gasteiger partial charge in [0, 0.05) is 0 Å². The minimum Gasteiger partial charge on any atom is -0.360 e. The van der Waals surface area contributed by atoms with Gasteiger partial charge < -0.3 is 5.53 Å². The monoisotopic (exact) mass is 396 g/mol. The van der Waals surface area contributed by atoms with Crippen LogP contribution in [0.5, 0.6) is 0 Å². The number of hydrogen-bond donors (Lipinski definition) is 0. The van der Waals surface area contributed by atoms with Gasteiger partial charge in [0.1, 0.15) is 10.1 Å². The van der Waals surface area contributed by atoms with Gasteiger partial charge in [-0.25, -0.2) is 8.42 Å². The van der Waals surface area contributed by atoms with E-state index in [1.807, 2.05) is 0 Å². The summed E-state index contributed by atoms with van der Waals surface area (Å²) in [6.45, 7) is 0. The zero-order chi connectivity index (χ0) is 18.8. The van der Waals surface area contributed by atoms with Gasteiger partial charge >= 0.3 is 11.2 Å². The molecular weight excluding hydrogens is 381 g/mol. The van der Waals surface area contributed by atoms with Crippen molar-refractivity contribution in [3.63, 3.8) is 0 Å². The Hall–Kier alpha value is -1.71. The van der Waals surface area contributed by atoms with Crippen LogP contribution in [0.2, 0.25) is 0 Å². The lowest BCUT2D eigenvalue weighted by Gasteiger charge is -2.22. The highest BCUT2D eigenvalue weighted by Crippen LogP contribution is 2.33. The van der Waals surface area contributed by atoms with E-state index in [1.165, 1.54) is 0 Å². The van der Waals surface area contributed by atoms with Crippen LogP contribution in [-0.4, -0.2) is 43.0 Å². The van der Waals surface area contributed by atoms with Crippen molar-refractivity contribution in [2.45, 2.75) is 43.5 Å².